The van der Waals surface area contributed by atoms with Crippen molar-refractivity contribution in [2.75, 3.05) is 16.8 Å². The molecule has 2 heterocycles. The maximum absolute atomic E-state index is 13.3. The van der Waals surface area contributed by atoms with Crippen LogP contribution in [0, 0.1) is 6.92 Å². The van der Waals surface area contributed by atoms with Crippen molar-refractivity contribution in [1.82, 2.24) is 5.32 Å². The van der Waals surface area contributed by atoms with Gasteiger partial charge in [0.25, 0.3) is 11.8 Å². The number of carbonyl (C=O) groups excluding carboxylic acids is 2. The predicted molar refractivity (Wildman–Crippen MR) is 129 cm³/mol. The third-order valence-electron chi connectivity index (χ3n) is 6.33. The highest BCUT2D eigenvalue weighted by Gasteiger charge is 2.36. The molecule has 2 aromatic rings. The molecule has 0 aromatic heterocycles. The van der Waals surface area contributed by atoms with Gasteiger partial charge in [0.2, 0.25) is 0 Å². The molecule has 2 aromatic carbocycles. The number of nitrogens with zero attached hydrogens (tertiary/aromatic N) is 2. The van der Waals surface area contributed by atoms with Crippen LogP contribution < -0.4 is 15.1 Å². The van der Waals surface area contributed by atoms with E-state index in [-0.39, 0.29) is 16.2 Å². The molecule has 0 spiro atoms. The van der Waals surface area contributed by atoms with Crippen LogP contribution in [0.1, 0.15) is 49.8 Å². The Kier molecular flexibility index (Phi) is 5.21. The molecule has 1 fully saturated rings. The fourth-order valence-electron chi connectivity index (χ4n) is 4.51. The molecule has 31 heavy (non-hydrogen) atoms. The number of hydrogen-bond donors (Lipinski definition) is 1. The molecular formula is C25H27N3O2S. The number of benzene rings is 2. The first kappa shape index (κ1) is 21.2. The van der Waals surface area contributed by atoms with E-state index in [0.29, 0.717) is 11.6 Å². The van der Waals surface area contributed by atoms with Crippen molar-refractivity contribution in [2.24, 2.45) is 0 Å². The molecule has 2 amide bonds. The Bertz CT molecular complexity index is 1140. The van der Waals surface area contributed by atoms with Gasteiger partial charge in [-0.15, -0.1) is 0 Å². The van der Waals surface area contributed by atoms with Crippen molar-refractivity contribution in [3.63, 3.8) is 0 Å². The van der Waals surface area contributed by atoms with Crippen LogP contribution in [0.15, 0.2) is 48.0 Å². The van der Waals surface area contributed by atoms with Gasteiger partial charge in [-0.1, -0.05) is 25.1 Å². The molecule has 0 aliphatic carbocycles. The maximum atomic E-state index is 13.3. The summed E-state index contributed by atoms with van der Waals surface area (Å²) in [5.74, 6) is -0.502. The van der Waals surface area contributed by atoms with Crippen LogP contribution in [0.3, 0.4) is 0 Å². The molecule has 0 bridgehead atoms. The zero-order valence-electron chi connectivity index (χ0n) is 18.5. The smallest absolute Gasteiger partial charge is 0.270 e. The van der Waals surface area contributed by atoms with E-state index in [1.807, 2.05) is 37.3 Å². The average Bonchev–Trinajstić information content (AvgIpc) is 2.69. The molecule has 5 nitrogen and oxygen atoms in total. The summed E-state index contributed by atoms with van der Waals surface area (Å²) in [6.45, 7) is 8.66. The second kappa shape index (κ2) is 7.61. The first-order valence-electron chi connectivity index (χ1n) is 10.4. The Morgan fingerprint density at radius 1 is 1.16 bits per heavy atom. The minimum absolute atomic E-state index is 0.0761. The maximum Gasteiger partial charge on any atom is 0.270 e. The fourth-order valence-corrected chi connectivity index (χ4v) is 4.79. The lowest BCUT2D eigenvalue weighted by Crippen LogP contribution is -2.54. The van der Waals surface area contributed by atoms with Crippen LogP contribution in [0.2, 0.25) is 0 Å². The topological polar surface area (TPSA) is 52.7 Å². The first-order chi connectivity index (χ1) is 14.6. The van der Waals surface area contributed by atoms with Gasteiger partial charge < -0.3 is 4.90 Å². The summed E-state index contributed by atoms with van der Waals surface area (Å²) in [6.07, 6.45) is 2.69. The van der Waals surface area contributed by atoms with Crippen LogP contribution in [0.25, 0.3) is 6.08 Å². The molecule has 0 radical (unpaired) electrons. The normalized spacial score (nSPS) is 21.9. The van der Waals surface area contributed by atoms with Gasteiger partial charge in [0, 0.05) is 18.3 Å². The summed E-state index contributed by atoms with van der Waals surface area (Å²) in [6, 6.07) is 13.6. The average molecular weight is 434 g/mol. The van der Waals surface area contributed by atoms with Gasteiger partial charge in [0.1, 0.15) is 5.57 Å². The second-order valence-electron chi connectivity index (χ2n) is 9.09. The lowest BCUT2D eigenvalue weighted by atomic mass is 9.80. The summed E-state index contributed by atoms with van der Waals surface area (Å²) in [4.78, 5) is 29.6. The molecule has 1 saturated heterocycles. The van der Waals surface area contributed by atoms with E-state index in [9.17, 15) is 9.59 Å². The van der Waals surface area contributed by atoms with Crippen LogP contribution in [-0.4, -0.2) is 29.5 Å². The van der Waals surface area contributed by atoms with Crippen molar-refractivity contribution in [3.05, 3.63) is 64.7 Å². The summed E-state index contributed by atoms with van der Waals surface area (Å²) in [5, 5.41) is 2.76. The van der Waals surface area contributed by atoms with Gasteiger partial charge in [-0.25, -0.2) is 0 Å². The molecular weight excluding hydrogens is 406 g/mol. The Labute approximate surface area is 188 Å². The van der Waals surface area contributed by atoms with Crippen LogP contribution in [0.4, 0.5) is 11.4 Å². The fraction of sp³-hybridized carbons (Fsp3) is 0.320. The number of anilines is 2. The number of amides is 2. The molecule has 0 unspecified atom stereocenters. The Morgan fingerprint density at radius 2 is 1.90 bits per heavy atom. The van der Waals surface area contributed by atoms with E-state index in [4.69, 9.17) is 12.2 Å². The van der Waals surface area contributed by atoms with Crippen LogP contribution in [-0.2, 0) is 9.59 Å². The minimum Gasteiger partial charge on any atom is -0.369 e. The van der Waals surface area contributed by atoms with Gasteiger partial charge in [-0.3, -0.25) is 19.8 Å². The highest BCUT2D eigenvalue weighted by molar-refractivity contribution is 7.80. The van der Waals surface area contributed by atoms with Crippen molar-refractivity contribution in [2.45, 2.75) is 45.6 Å². The van der Waals surface area contributed by atoms with E-state index in [0.717, 1.165) is 17.5 Å². The second-order valence-corrected chi connectivity index (χ2v) is 9.48. The molecule has 1 atom stereocenters. The number of nitrogens with one attached hydrogen (secondary N) is 1. The van der Waals surface area contributed by atoms with E-state index in [1.54, 1.807) is 6.08 Å². The van der Waals surface area contributed by atoms with Gasteiger partial charge in [0.15, 0.2) is 5.11 Å². The summed E-state index contributed by atoms with van der Waals surface area (Å²) < 4.78 is 0. The Morgan fingerprint density at radius 3 is 2.61 bits per heavy atom. The largest absolute Gasteiger partial charge is 0.369 e. The highest BCUT2D eigenvalue weighted by Crippen LogP contribution is 2.42. The quantitative estimate of drug-likeness (QED) is 0.429. The number of aryl methyl sites for hydroxylation is 1. The standard InChI is InChI=1S/C25H27N3O2S/c1-15-7-6-8-18(11-15)28-23(30)20(22(29)26-24(28)31)13-17-9-10-21-19(12-17)16(2)14-25(3,4)27(21)5/h6-13,16H,14H2,1-5H3,(H,26,29,31)/b20-13+/t16-/m0/s1. The van der Waals surface area contributed by atoms with E-state index < -0.39 is 11.8 Å². The molecule has 4 rings (SSSR count). The van der Waals surface area contributed by atoms with Gasteiger partial charge >= 0.3 is 0 Å². The molecule has 0 saturated carbocycles. The third kappa shape index (κ3) is 3.76. The Balaban J connectivity index is 1.73. The number of hydrogen-bond acceptors (Lipinski definition) is 4. The monoisotopic (exact) mass is 433 g/mol. The lowest BCUT2D eigenvalue weighted by Gasteiger charge is -2.45. The van der Waals surface area contributed by atoms with Crippen LogP contribution >= 0.6 is 12.2 Å². The molecule has 2 aliphatic rings. The van der Waals surface area contributed by atoms with Crippen molar-refractivity contribution in [1.29, 1.82) is 0 Å². The summed E-state index contributed by atoms with van der Waals surface area (Å²) in [5.41, 5.74) is 5.05. The van der Waals surface area contributed by atoms with Crippen LogP contribution in [0.5, 0.6) is 0 Å². The zero-order valence-corrected chi connectivity index (χ0v) is 19.3. The summed E-state index contributed by atoms with van der Waals surface area (Å²) >= 11 is 5.29. The summed E-state index contributed by atoms with van der Waals surface area (Å²) in [7, 11) is 2.11. The number of fused-ring (bicyclic) bond motifs is 1. The molecule has 2 aliphatic heterocycles. The highest BCUT2D eigenvalue weighted by atomic mass is 32.1. The van der Waals surface area contributed by atoms with Gasteiger partial charge in [-0.2, -0.15) is 0 Å². The number of thiocarbonyl (C=S) groups is 1. The molecule has 160 valence electrons. The molecule has 6 heteroatoms. The van der Waals surface area contributed by atoms with Crippen molar-refractivity contribution < 1.29 is 9.59 Å². The van der Waals surface area contributed by atoms with E-state index >= 15 is 0 Å². The Hall–Kier alpha value is -2.99. The third-order valence-corrected chi connectivity index (χ3v) is 6.61. The first-order valence-corrected chi connectivity index (χ1v) is 10.9. The molecule has 1 N–H and O–H groups in total. The minimum atomic E-state index is -0.470. The van der Waals surface area contributed by atoms with Crippen molar-refractivity contribution in [3.8, 4) is 0 Å². The van der Waals surface area contributed by atoms with Gasteiger partial charge in [-0.05, 0) is 92.4 Å². The van der Waals surface area contributed by atoms with E-state index in [2.05, 4.69) is 50.2 Å². The lowest BCUT2D eigenvalue weighted by molar-refractivity contribution is -0.122. The van der Waals surface area contributed by atoms with E-state index in [1.165, 1.54) is 16.2 Å². The van der Waals surface area contributed by atoms with Gasteiger partial charge in [0.05, 0.1) is 5.69 Å². The SMILES string of the molecule is Cc1cccc(N2C(=O)/C(=C/c3ccc4c(c3)[C@@H](C)CC(C)(C)N4C)C(=O)NC2=S)c1. The van der Waals surface area contributed by atoms with Crippen molar-refractivity contribution >= 4 is 46.6 Å². The zero-order chi connectivity index (χ0) is 22.5. The number of rotatable bonds is 2. The predicted octanol–water partition coefficient (Wildman–Crippen LogP) is 4.55. The number of carbonyl (C=O) groups is 2.